The molecule has 18 heavy (non-hydrogen) atoms. The van der Waals surface area contributed by atoms with E-state index in [1.54, 1.807) is 19.1 Å². The fourth-order valence-electron chi connectivity index (χ4n) is 2.24. The van der Waals surface area contributed by atoms with Gasteiger partial charge in [0.15, 0.2) is 0 Å². The molecular formula is C12H15NO4S. The number of fused-ring (bicyclic) bond motifs is 1. The van der Waals surface area contributed by atoms with Crippen molar-refractivity contribution in [2.24, 2.45) is 0 Å². The Hall–Kier alpha value is -1.56. The molecule has 1 aromatic carbocycles. The van der Waals surface area contributed by atoms with Crippen LogP contribution in [0.4, 0.5) is 5.69 Å². The molecule has 0 aromatic heterocycles. The van der Waals surface area contributed by atoms with Crippen LogP contribution in [0.2, 0.25) is 0 Å². The van der Waals surface area contributed by atoms with E-state index in [0.29, 0.717) is 30.6 Å². The molecule has 6 heteroatoms. The number of nitrogens with zero attached hydrogens (tertiary/aromatic N) is 1. The third-order valence-corrected chi connectivity index (χ3v) is 4.92. The predicted molar refractivity (Wildman–Crippen MR) is 68.5 cm³/mol. The van der Waals surface area contributed by atoms with Crippen molar-refractivity contribution in [1.82, 2.24) is 0 Å². The first-order chi connectivity index (χ1) is 8.47. The molecule has 1 heterocycles. The third kappa shape index (κ3) is 2.08. The van der Waals surface area contributed by atoms with Gasteiger partial charge >= 0.3 is 5.97 Å². The number of aromatic carboxylic acids is 1. The Balaban J connectivity index is 2.58. The Morgan fingerprint density at radius 2 is 2.17 bits per heavy atom. The normalized spacial score (nSPS) is 15.3. The van der Waals surface area contributed by atoms with Gasteiger partial charge in [-0.1, -0.05) is 6.07 Å². The van der Waals surface area contributed by atoms with Crippen LogP contribution in [0.15, 0.2) is 18.2 Å². The molecule has 0 spiro atoms. The predicted octanol–water partition coefficient (Wildman–Crippen LogP) is 1.49. The lowest BCUT2D eigenvalue weighted by molar-refractivity contribution is 0.0695. The van der Waals surface area contributed by atoms with E-state index in [0.717, 1.165) is 0 Å². The maximum Gasteiger partial charge on any atom is 0.336 e. The van der Waals surface area contributed by atoms with Crippen molar-refractivity contribution in [3.8, 4) is 0 Å². The zero-order valence-electron chi connectivity index (χ0n) is 10.1. The lowest BCUT2D eigenvalue weighted by Crippen LogP contribution is -2.37. The summed E-state index contributed by atoms with van der Waals surface area (Å²) in [4.78, 5) is 11.1. The highest BCUT2D eigenvalue weighted by Gasteiger charge is 2.28. The molecule has 98 valence electrons. The minimum Gasteiger partial charge on any atom is -0.478 e. The molecule has 0 fully saturated rings. The summed E-state index contributed by atoms with van der Waals surface area (Å²) in [6.07, 6.45) is 1.25. The molecule has 0 atom stereocenters. The highest BCUT2D eigenvalue weighted by atomic mass is 32.2. The largest absolute Gasteiger partial charge is 0.478 e. The second-order valence-corrected chi connectivity index (χ2v) is 6.37. The second kappa shape index (κ2) is 4.61. The highest BCUT2D eigenvalue weighted by Crippen LogP contribution is 2.31. The lowest BCUT2D eigenvalue weighted by Gasteiger charge is -2.30. The van der Waals surface area contributed by atoms with Crippen LogP contribution >= 0.6 is 0 Å². The lowest BCUT2D eigenvalue weighted by atomic mass is 9.98. The molecule has 0 bridgehead atoms. The molecule has 1 aromatic rings. The van der Waals surface area contributed by atoms with E-state index in [-0.39, 0.29) is 11.3 Å². The van der Waals surface area contributed by atoms with E-state index in [9.17, 15) is 13.2 Å². The molecule has 0 aliphatic carbocycles. The molecular weight excluding hydrogens is 254 g/mol. The van der Waals surface area contributed by atoms with Crippen molar-refractivity contribution < 1.29 is 18.3 Å². The molecule has 5 nitrogen and oxygen atoms in total. The number of anilines is 1. The molecule has 0 amide bonds. The van der Waals surface area contributed by atoms with Crippen molar-refractivity contribution in [1.29, 1.82) is 0 Å². The molecule has 0 saturated heterocycles. The van der Waals surface area contributed by atoms with Gasteiger partial charge in [0.2, 0.25) is 10.0 Å². The summed E-state index contributed by atoms with van der Waals surface area (Å²) < 4.78 is 25.3. The van der Waals surface area contributed by atoms with Gasteiger partial charge in [-0.25, -0.2) is 13.2 Å². The van der Waals surface area contributed by atoms with E-state index in [1.165, 1.54) is 10.4 Å². The van der Waals surface area contributed by atoms with Crippen LogP contribution in [0, 0.1) is 0 Å². The Morgan fingerprint density at radius 1 is 1.44 bits per heavy atom. The van der Waals surface area contributed by atoms with Gasteiger partial charge in [0.25, 0.3) is 0 Å². The first-order valence-corrected chi connectivity index (χ1v) is 7.44. The standard InChI is InChI=1S/C12H15NO4S/c1-2-18(16,17)13-8-4-6-9-10(12(14)15)5-3-7-11(9)13/h3,5,7H,2,4,6,8H2,1H3,(H,14,15). The van der Waals surface area contributed by atoms with Gasteiger partial charge in [-0.15, -0.1) is 0 Å². The number of carbonyl (C=O) groups is 1. The second-order valence-electron chi connectivity index (χ2n) is 4.18. The van der Waals surface area contributed by atoms with Crippen molar-refractivity contribution in [3.63, 3.8) is 0 Å². The van der Waals surface area contributed by atoms with Gasteiger partial charge in [-0.2, -0.15) is 0 Å². The van der Waals surface area contributed by atoms with E-state index in [4.69, 9.17) is 5.11 Å². The number of benzene rings is 1. The van der Waals surface area contributed by atoms with Crippen LogP contribution < -0.4 is 4.31 Å². The average molecular weight is 269 g/mol. The smallest absolute Gasteiger partial charge is 0.336 e. The third-order valence-electron chi connectivity index (χ3n) is 3.14. The maximum absolute atomic E-state index is 12.0. The summed E-state index contributed by atoms with van der Waals surface area (Å²) in [7, 11) is -3.34. The Bertz CT molecular complexity index is 580. The summed E-state index contributed by atoms with van der Waals surface area (Å²) in [6, 6.07) is 4.78. The topological polar surface area (TPSA) is 74.7 Å². The number of hydrogen-bond donors (Lipinski definition) is 1. The first kappa shape index (κ1) is 12.9. The number of rotatable bonds is 3. The summed E-state index contributed by atoms with van der Waals surface area (Å²) in [5.74, 6) is -0.994. The van der Waals surface area contributed by atoms with E-state index in [1.807, 2.05) is 0 Å². The summed E-state index contributed by atoms with van der Waals surface area (Å²) in [5.41, 5.74) is 1.33. The van der Waals surface area contributed by atoms with Gasteiger partial charge in [0, 0.05) is 6.54 Å². The summed E-state index contributed by atoms with van der Waals surface area (Å²) in [6.45, 7) is 2.01. The van der Waals surface area contributed by atoms with Gasteiger partial charge in [0.05, 0.1) is 17.0 Å². The van der Waals surface area contributed by atoms with Crippen molar-refractivity contribution in [2.75, 3.05) is 16.6 Å². The monoisotopic (exact) mass is 269 g/mol. The number of carboxylic acids is 1. The zero-order valence-corrected chi connectivity index (χ0v) is 10.9. The van der Waals surface area contributed by atoms with E-state index in [2.05, 4.69) is 0 Å². The number of hydrogen-bond acceptors (Lipinski definition) is 3. The Kier molecular flexibility index (Phi) is 3.30. The summed E-state index contributed by atoms with van der Waals surface area (Å²) >= 11 is 0. The van der Waals surface area contributed by atoms with Crippen LogP contribution in [0.5, 0.6) is 0 Å². The van der Waals surface area contributed by atoms with Gasteiger partial charge < -0.3 is 5.11 Å². The molecule has 0 unspecified atom stereocenters. The average Bonchev–Trinajstić information content (AvgIpc) is 2.37. The van der Waals surface area contributed by atoms with E-state index >= 15 is 0 Å². The van der Waals surface area contributed by atoms with Crippen molar-refractivity contribution in [3.05, 3.63) is 29.3 Å². The first-order valence-electron chi connectivity index (χ1n) is 5.83. The highest BCUT2D eigenvalue weighted by molar-refractivity contribution is 7.92. The van der Waals surface area contributed by atoms with Crippen LogP contribution in [0.1, 0.15) is 29.3 Å². The minimum atomic E-state index is -3.34. The Morgan fingerprint density at radius 3 is 2.78 bits per heavy atom. The fraction of sp³-hybridized carbons (Fsp3) is 0.417. The SMILES string of the molecule is CCS(=O)(=O)N1CCCc2c(C(=O)O)cccc21. The van der Waals surface area contributed by atoms with Gasteiger partial charge in [-0.3, -0.25) is 4.31 Å². The molecule has 0 saturated carbocycles. The van der Waals surface area contributed by atoms with Crippen LogP contribution in [0.3, 0.4) is 0 Å². The minimum absolute atomic E-state index is 0.0176. The van der Waals surface area contributed by atoms with Crippen LogP contribution in [-0.4, -0.2) is 31.8 Å². The molecule has 1 aliphatic heterocycles. The van der Waals surface area contributed by atoms with Crippen LogP contribution in [-0.2, 0) is 16.4 Å². The quantitative estimate of drug-likeness (QED) is 0.902. The molecule has 1 N–H and O–H groups in total. The summed E-state index contributed by atoms with van der Waals surface area (Å²) in [5, 5.41) is 9.12. The number of carboxylic acid groups (broad SMARTS) is 1. The van der Waals surface area contributed by atoms with E-state index < -0.39 is 16.0 Å². The zero-order chi connectivity index (χ0) is 13.3. The molecule has 1 aliphatic rings. The molecule has 2 rings (SSSR count). The van der Waals surface area contributed by atoms with Gasteiger partial charge in [0.1, 0.15) is 0 Å². The Labute approximate surface area is 106 Å². The van der Waals surface area contributed by atoms with Crippen LogP contribution in [0.25, 0.3) is 0 Å². The van der Waals surface area contributed by atoms with Crippen molar-refractivity contribution >= 4 is 21.7 Å². The maximum atomic E-state index is 12.0. The fourth-order valence-corrected chi connectivity index (χ4v) is 3.43. The van der Waals surface area contributed by atoms with Crippen molar-refractivity contribution in [2.45, 2.75) is 19.8 Å². The number of sulfonamides is 1. The van der Waals surface area contributed by atoms with Gasteiger partial charge in [-0.05, 0) is 37.5 Å². The molecule has 0 radical (unpaired) electrons.